The third-order valence-corrected chi connectivity index (χ3v) is 5.64. The maximum absolute atomic E-state index is 12.4. The maximum atomic E-state index is 12.4. The number of benzene rings is 2. The normalized spacial score (nSPS) is 17.9. The Balaban J connectivity index is 1.22. The molecule has 0 aromatic heterocycles. The van der Waals surface area contributed by atoms with Gasteiger partial charge in [0.2, 0.25) is 12.7 Å². The van der Waals surface area contributed by atoms with Crippen LogP contribution in [-0.2, 0) is 11.3 Å². The lowest BCUT2D eigenvalue weighted by atomic mass is 10.1. The van der Waals surface area contributed by atoms with Gasteiger partial charge in [-0.25, -0.2) is 0 Å². The summed E-state index contributed by atoms with van der Waals surface area (Å²) in [5.41, 5.74) is 2.23. The Hall–Kier alpha value is -2.28. The van der Waals surface area contributed by atoms with Crippen molar-refractivity contribution in [3.63, 3.8) is 0 Å². The Morgan fingerprint density at radius 1 is 1.07 bits per heavy atom. The van der Waals surface area contributed by atoms with Crippen LogP contribution < -0.4 is 14.8 Å². The zero-order valence-corrected chi connectivity index (χ0v) is 17.3. The van der Waals surface area contributed by atoms with Crippen molar-refractivity contribution in [3.05, 3.63) is 58.6 Å². The molecule has 0 aliphatic carbocycles. The standard InChI is InChI=1S/C22H26ClN3O3/c1-16(18-3-2-4-19(23)12-18)24-22(27)14-26-9-7-25(8-10-26)13-17-5-6-20-21(11-17)29-15-28-20/h2-6,11-12,16H,7-10,13-15H2,1H3,(H,24,27)/t16-/m1/s1. The molecule has 0 radical (unpaired) electrons. The van der Waals surface area contributed by atoms with E-state index in [1.54, 1.807) is 0 Å². The van der Waals surface area contributed by atoms with Crippen molar-refractivity contribution in [1.82, 2.24) is 15.1 Å². The largest absolute Gasteiger partial charge is 0.454 e. The number of halogens is 1. The molecule has 1 saturated heterocycles. The monoisotopic (exact) mass is 415 g/mol. The summed E-state index contributed by atoms with van der Waals surface area (Å²) >= 11 is 6.04. The van der Waals surface area contributed by atoms with E-state index in [1.165, 1.54) is 5.56 Å². The smallest absolute Gasteiger partial charge is 0.234 e. The van der Waals surface area contributed by atoms with Crippen LogP contribution in [-0.4, -0.2) is 55.2 Å². The quantitative estimate of drug-likeness (QED) is 0.785. The van der Waals surface area contributed by atoms with Crippen LogP contribution in [0.2, 0.25) is 5.02 Å². The number of nitrogens with one attached hydrogen (secondary N) is 1. The van der Waals surface area contributed by atoms with E-state index in [4.69, 9.17) is 21.1 Å². The van der Waals surface area contributed by atoms with Crippen molar-refractivity contribution < 1.29 is 14.3 Å². The van der Waals surface area contributed by atoms with Crippen LogP contribution in [0, 0.1) is 0 Å². The van der Waals surface area contributed by atoms with Crippen molar-refractivity contribution in [1.29, 1.82) is 0 Å². The molecule has 2 heterocycles. The van der Waals surface area contributed by atoms with Gasteiger partial charge in [-0.3, -0.25) is 14.6 Å². The summed E-state index contributed by atoms with van der Waals surface area (Å²) in [5, 5.41) is 3.75. The Bertz CT molecular complexity index is 868. The number of piperazine rings is 1. The van der Waals surface area contributed by atoms with Gasteiger partial charge in [0.1, 0.15) is 0 Å². The summed E-state index contributed by atoms with van der Waals surface area (Å²) in [6.45, 7) is 7.21. The number of hydrogen-bond donors (Lipinski definition) is 1. The SMILES string of the molecule is C[C@@H](NC(=O)CN1CCN(Cc2ccc3c(c2)OCO3)CC1)c1cccc(Cl)c1. The number of carbonyl (C=O) groups excluding carboxylic acids is 1. The van der Waals surface area contributed by atoms with Gasteiger partial charge in [0.05, 0.1) is 12.6 Å². The van der Waals surface area contributed by atoms with Gasteiger partial charge in [-0.15, -0.1) is 0 Å². The van der Waals surface area contributed by atoms with E-state index < -0.39 is 0 Å². The number of fused-ring (bicyclic) bond motifs is 1. The van der Waals surface area contributed by atoms with E-state index in [2.05, 4.69) is 27.2 Å². The first kappa shape index (κ1) is 20.0. The van der Waals surface area contributed by atoms with Crippen molar-refractivity contribution in [2.24, 2.45) is 0 Å². The number of rotatable bonds is 6. The number of nitrogens with zero attached hydrogens (tertiary/aromatic N) is 2. The molecule has 2 aromatic carbocycles. The van der Waals surface area contributed by atoms with E-state index in [0.717, 1.165) is 49.8 Å². The first-order valence-corrected chi connectivity index (χ1v) is 10.3. The Morgan fingerprint density at radius 3 is 2.62 bits per heavy atom. The molecular formula is C22H26ClN3O3. The molecular weight excluding hydrogens is 390 g/mol. The third kappa shape index (κ3) is 5.21. The third-order valence-electron chi connectivity index (χ3n) is 5.40. The van der Waals surface area contributed by atoms with Crippen LogP contribution in [0.3, 0.4) is 0 Å². The lowest BCUT2D eigenvalue weighted by molar-refractivity contribution is -0.123. The first-order chi connectivity index (χ1) is 14.1. The van der Waals surface area contributed by atoms with Crippen LogP contribution in [0.4, 0.5) is 0 Å². The van der Waals surface area contributed by atoms with E-state index in [9.17, 15) is 4.79 Å². The van der Waals surface area contributed by atoms with Crippen LogP contribution in [0.5, 0.6) is 11.5 Å². The Labute approximate surface area is 176 Å². The number of amides is 1. The molecule has 2 aliphatic rings. The average molecular weight is 416 g/mol. The van der Waals surface area contributed by atoms with E-state index in [-0.39, 0.29) is 11.9 Å². The summed E-state index contributed by atoms with van der Waals surface area (Å²) in [5.74, 6) is 1.69. The fourth-order valence-corrected chi connectivity index (χ4v) is 3.95. The van der Waals surface area contributed by atoms with Gasteiger partial charge >= 0.3 is 0 Å². The lowest BCUT2D eigenvalue weighted by Crippen LogP contribution is -2.49. The molecule has 0 unspecified atom stereocenters. The minimum absolute atomic E-state index is 0.0432. The molecule has 1 fully saturated rings. The van der Waals surface area contributed by atoms with Crippen LogP contribution in [0.1, 0.15) is 24.1 Å². The molecule has 0 bridgehead atoms. The predicted molar refractivity (Wildman–Crippen MR) is 112 cm³/mol. The highest BCUT2D eigenvalue weighted by molar-refractivity contribution is 6.30. The lowest BCUT2D eigenvalue weighted by Gasteiger charge is -2.34. The molecule has 4 rings (SSSR count). The van der Waals surface area contributed by atoms with Gasteiger partial charge in [-0.2, -0.15) is 0 Å². The Morgan fingerprint density at radius 2 is 1.83 bits per heavy atom. The Kier molecular flexibility index (Phi) is 6.23. The topological polar surface area (TPSA) is 54.0 Å². The molecule has 0 saturated carbocycles. The highest BCUT2D eigenvalue weighted by Crippen LogP contribution is 2.32. The number of carbonyl (C=O) groups is 1. The minimum atomic E-state index is -0.0616. The first-order valence-electron chi connectivity index (χ1n) is 9.95. The average Bonchev–Trinajstić information content (AvgIpc) is 3.17. The molecule has 7 heteroatoms. The zero-order chi connectivity index (χ0) is 20.2. The summed E-state index contributed by atoms with van der Waals surface area (Å²) in [6.07, 6.45) is 0. The highest BCUT2D eigenvalue weighted by Gasteiger charge is 2.21. The number of ether oxygens (including phenoxy) is 2. The van der Waals surface area contributed by atoms with Gasteiger partial charge < -0.3 is 14.8 Å². The summed E-state index contributed by atoms with van der Waals surface area (Å²) in [6, 6.07) is 13.7. The van der Waals surface area contributed by atoms with Crippen LogP contribution >= 0.6 is 11.6 Å². The minimum Gasteiger partial charge on any atom is -0.454 e. The van der Waals surface area contributed by atoms with Crippen molar-refractivity contribution >= 4 is 17.5 Å². The second-order valence-electron chi connectivity index (χ2n) is 7.58. The van der Waals surface area contributed by atoms with E-state index >= 15 is 0 Å². The molecule has 6 nitrogen and oxygen atoms in total. The van der Waals surface area contributed by atoms with E-state index in [0.29, 0.717) is 18.4 Å². The molecule has 1 N–H and O–H groups in total. The van der Waals surface area contributed by atoms with Crippen LogP contribution in [0.15, 0.2) is 42.5 Å². The fraction of sp³-hybridized carbons (Fsp3) is 0.409. The fourth-order valence-electron chi connectivity index (χ4n) is 3.75. The van der Waals surface area contributed by atoms with Crippen molar-refractivity contribution in [2.45, 2.75) is 19.5 Å². The molecule has 29 heavy (non-hydrogen) atoms. The van der Waals surface area contributed by atoms with Gasteiger partial charge in [-0.1, -0.05) is 29.8 Å². The van der Waals surface area contributed by atoms with Gasteiger partial charge in [0.25, 0.3) is 0 Å². The van der Waals surface area contributed by atoms with Crippen LogP contribution in [0.25, 0.3) is 0 Å². The highest BCUT2D eigenvalue weighted by atomic mass is 35.5. The molecule has 154 valence electrons. The van der Waals surface area contributed by atoms with E-state index in [1.807, 2.05) is 37.3 Å². The molecule has 1 atom stereocenters. The summed E-state index contributed by atoms with van der Waals surface area (Å²) in [4.78, 5) is 17.0. The molecule has 0 spiro atoms. The second-order valence-corrected chi connectivity index (χ2v) is 8.02. The van der Waals surface area contributed by atoms with Crippen molar-refractivity contribution in [2.75, 3.05) is 39.5 Å². The molecule has 2 aromatic rings. The maximum Gasteiger partial charge on any atom is 0.234 e. The molecule has 2 aliphatic heterocycles. The van der Waals surface area contributed by atoms with Gasteiger partial charge in [0.15, 0.2) is 11.5 Å². The number of hydrogen-bond acceptors (Lipinski definition) is 5. The molecule has 1 amide bonds. The summed E-state index contributed by atoms with van der Waals surface area (Å²) in [7, 11) is 0. The zero-order valence-electron chi connectivity index (χ0n) is 16.6. The van der Waals surface area contributed by atoms with Gasteiger partial charge in [0, 0.05) is 37.7 Å². The second kappa shape index (κ2) is 9.03. The van der Waals surface area contributed by atoms with Gasteiger partial charge in [-0.05, 0) is 42.3 Å². The van der Waals surface area contributed by atoms with Crippen molar-refractivity contribution in [3.8, 4) is 11.5 Å². The predicted octanol–water partition coefficient (Wildman–Crippen LogP) is 3.06. The summed E-state index contributed by atoms with van der Waals surface area (Å²) < 4.78 is 10.8.